The highest BCUT2D eigenvalue weighted by molar-refractivity contribution is 6.36. The van der Waals surface area contributed by atoms with Crippen molar-refractivity contribution in [3.8, 4) is 5.75 Å². The molecule has 1 fully saturated rings. The Morgan fingerprint density at radius 3 is 2.06 bits per heavy atom. The maximum absolute atomic E-state index is 13.1. The van der Waals surface area contributed by atoms with Crippen LogP contribution in [0.1, 0.15) is 33.3 Å². The number of likely N-dealkylation sites (N-methyl/N-ethyl adjacent to an activating group) is 2. The zero-order valence-corrected chi connectivity index (χ0v) is 20.5. The van der Waals surface area contributed by atoms with Crippen LogP contribution in [-0.2, 0) is 9.59 Å². The van der Waals surface area contributed by atoms with Crippen molar-refractivity contribution in [2.24, 2.45) is 0 Å². The van der Waals surface area contributed by atoms with E-state index in [1.54, 1.807) is 0 Å². The van der Waals surface area contributed by atoms with Crippen molar-refractivity contribution in [1.29, 1.82) is 0 Å². The van der Waals surface area contributed by atoms with Gasteiger partial charge in [0.05, 0.1) is 11.7 Å². The molecule has 2 aliphatic rings. The molecule has 1 N–H and O–H groups in total. The molecule has 0 radical (unpaired) electrons. The van der Waals surface area contributed by atoms with Gasteiger partial charge in [-0.2, -0.15) is 0 Å². The molecule has 0 unspecified atom stereocenters. The number of carbonyl (C=O) groups excluding carboxylic acids is 2. The fourth-order valence-corrected chi connectivity index (χ4v) is 4.44. The molecule has 0 aliphatic carbocycles. The van der Waals surface area contributed by atoms with Gasteiger partial charge in [-0.1, -0.05) is 19.1 Å². The molecule has 2 aromatic rings. The third-order valence-electron chi connectivity index (χ3n) is 6.32. The fourth-order valence-electron chi connectivity index (χ4n) is 4.44. The van der Waals surface area contributed by atoms with E-state index in [0.717, 1.165) is 44.2 Å². The Bertz CT molecular complexity index is 1050. The molecule has 0 aromatic heterocycles. The Kier molecular flexibility index (Phi) is 7.22. The smallest absolute Gasteiger partial charge is 0.278 e. The van der Waals surface area contributed by atoms with Crippen molar-refractivity contribution in [2.45, 2.75) is 33.8 Å². The van der Waals surface area contributed by atoms with E-state index < -0.39 is 0 Å². The van der Waals surface area contributed by atoms with Gasteiger partial charge in [-0.05, 0) is 69.3 Å². The first-order chi connectivity index (χ1) is 16.4. The summed E-state index contributed by atoms with van der Waals surface area (Å²) in [6, 6.07) is 15.4. The standard InChI is InChI=1S/C27H34N4O3/c1-5-29-15-17-30(18-16-29)22-11-9-21(10-12-22)28-25-24(26(32)31(6-2)27(25)33)20-7-13-23(14-8-20)34-19(3)4/h7-14,19,28H,5-6,15-18H2,1-4H3. The van der Waals surface area contributed by atoms with Crippen LogP contribution in [0, 0.1) is 0 Å². The molecule has 2 aromatic carbocycles. The average molecular weight is 463 g/mol. The SMILES string of the molecule is CCN1CCN(c2ccc(NC3=C(c4ccc(OC(C)C)cc4)C(=O)N(CC)C3=O)cc2)CC1. The van der Waals surface area contributed by atoms with Crippen molar-refractivity contribution in [3.63, 3.8) is 0 Å². The molecular weight excluding hydrogens is 428 g/mol. The lowest BCUT2D eigenvalue weighted by Crippen LogP contribution is -2.46. The highest BCUT2D eigenvalue weighted by atomic mass is 16.5. The lowest BCUT2D eigenvalue weighted by molar-refractivity contribution is -0.136. The van der Waals surface area contributed by atoms with Gasteiger partial charge in [0.2, 0.25) is 0 Å². The lowest BCUT2D eigenvalue weighted by atomic mass is 10.0. The minimum Gasteiger partial charge on any atom is -0.491 e. The van der Waals surface area contributed by atoms with Gasteiger partial charge in [0.15, 0.2) is 0 Å². The van der Waals surface area contributed by atoms with E-state index in [2.05, 4.69) is 34.2 Å². The number of carbonyl (C=O) groups is 2. The Labute approximate surface area is 202 Å². The maximum Gasteiger partial charge on any atom is 0.278 e. The van der Waals surface area contributed by atoms with E-state index in [4.69, 9.17) is 4.74 Å². The number of rotatable bonds is 8. The number of nitrogens with one attached hydrogen (secondary N) is 1. The van der Waals surface area contributed by atoms with Crippen molar-refractivity contribution >= 4 is 28.8 Å². The molecule has 1 saturated heterocycles. The molecular formula is C27H34N4O3. The van der Waals surface area contributed by atoms with Crippen molar-refractivity contribution in [3.05, 3.63) is 59.8 Å². The summed E-state index contributed by atoms with van der Waals surface area (Å²) < 4.78 is 5.72. The van der Waals surface area contributed by atoms with Crippen molar-refractivity contribution in [2.75, 3.05) is 49.5 Å². The summed E-state index contributed by atoms with van der Waals surface area (Å²) in [6.45, 7) is 13.5. The Morgan fingerprint density at radius 1 is 0.853 bits per heavy atom. The largest absolute Gasteiger partial charge is 0.491 e. The first-order valence-corrected chi connectivity index (χ1v) is 12.1. The Hall–Kier alpha value is -3.32. The van der Waals surface area contributed by atoms with Crippen LogP contribution in [0.2, 0.25) is 0 Å². The number of hydrogen-bond donors (Lipinski definition) is 1. The molecule has 2 heterocycles. The number of benzene rings is 2. The molecule has 7 nitrogen and oxygen atoms in total. The minimum absolute atomic E-state index is 0.0612. The van der Waals surface area contributed by atoms with Gasteiger partial charge in [-0.15, -0.1) is 0 Å². The number of anilines is 2. The second-order valence-corrected chi connectivity index (χ2v) is 8.89. The van der Waals surface area contributed by atoms with Crippen molar-refractivity contribution < 1.29 is 14.3 Å². The maximum atomic E-state index is 13.1. The van der Waals surface area contributed by atoms with Crippen LogP contribution in [0.4, 0.5) is 11.4 Å². The van der Waals surface area contributed by atoms with Gasteiger partial charge in [0.1, 0.15) is 11.4 Å². The number of piperazine rings is 1. The molecule has 0 atom stereocenters. The summed E-state index contributed by atoms with van der Waals surface area (Å²) in [7, 11) is 0. The summed E-state index contributed by atoms with van der Waals surface area (Å²) in [5, 5.41) is 3.24. The zero-order chi connectivity index (χ0) is 24.2. The van der Waals surface area contributed by atoms with Crippen LogP contribution in [0.5, 0.6) is 5.75 Å². The van der Waals surface area contributed by atoms with E-state index in [1.165, 1.54) is 10.6 Å². The normalized spacial score (nSPS) is 17.2. The van der Waals surface area contributed by atoms with Crippen LogP contribution in [0.15, 0.2) is 54.2 Å². The Balaban J connectivity index is 1.56. The van der Waals surface area contributed by atoms with Gasteiger partial charge in [-0.3, -0.25) is 14.5 Å². The van der Waals surface area contributed by atoms with E-state index in [1.807, 2.05) is 57.2 Å². The number of imide groups is 1. The summed E-state index contributed by atoms with van der Waals surface area (Å²) in [6.07, 6.45) is 0.0612. The lowest BCUT2D eigenvalue weighted by Gasteiger charge is -2.35. The van der Waals surface area contributed by atoms with Gasteiger partial charge >= 0.3 is 0 Å². The second kappa shape index (κ2) is 10.3. The third-order valence-corrected chi connectivity index (χ3v) is 6.32. The highest BCUT2D eigenvalue weighted by Crippen LogP contribution is 2.32. The number of nitrogens with zero attached hydrogens (tertiary/aromatic N) is 3. The molecule has 2 amide bonds. The molecule has 0 bridgehead atoms. The number of hydrogen-bond acceptors (Lipinski definition) is 6. The number of amides is 2. The van der Waals surface area contributed by atoms with Gasteiger partial charge in [-0.25, -0.2) is 0 Å². The molecule has 34 heavy (non-hydrogen) atoms. The van der Waals surface area contributed by atoms with Crippen LogP contribution >= 0.6 is 0 Å². The van der Waals surface area contributed by atoms with Gasteiger partial charge < -0.3 is 19.9 Å². The summed E-state index contributed by atoms with van der Waals surface area (Å²) in [5.41, 5.74) is 3.34. The van der Waals surface area contributed by atoms with Gasteiger partial charge in [0.25, 0.3) is 11.8 Å². The monoisotopic (exact) mass is 462 g/mol. The topological polar surface area (TPSA) is 65.1 Å². The quantitative estimate of drug-likeness (QED) is 0.602. The van der Waals surface area contributed by atoms with Crippen LogP contribution < -0.4 is 15.0 Å². The fraction of sp³-hybridized carbons (Fsp3) is 0.407. The van der Waals surface area contributed by atoms with Crippen molar-refractivity contribution in [1.82, 2.24) is 9.80 Å². The summed E-state index contributed by atoms with van der Waals surface area (Å²) >= 11 is 0. The van der Waals surface area contributed by atoms with E-state index in [-0.39, 0.29) is 17.9 Å². The first-order valence-electron chi connectivity index (χ1n) is 12.1. The van der Waals surface area contributed by atoms with E-state index in [0.29, 0.717) is 23.4 Å². The molecule has 2 aliphatic heterocycles. The molecule has 0 spiro atoms. The van der Waals surface area contributed by atoms with Crippen LogP contribution in [-0.4, -0.2) is 67.0 Å². The minimum atomic E-state index is -0.301. The van der Waals surface area contributed by atoms with Crippen LogP contribution in [0.3, 0.4) is 0 Å². The average Bonchev–Trinajstić information content (AvgIpc) is 3.08. The zero-order valence-electron chi connectivity index (χ0n) is 20.5. The second-order valence-electron chi connectivity index (χ2n) is 8.89. The molecule has 0 saturated carbocycles. The van der Waals surface area contributed by atoms with Crippen LogP contribution in [0.25, 0.3) is 5.57 Å². The predicted molar refractivity (Wildman–Crippen MR) is 136 cm³/mol. The highest BCUT2D eigenvalue weighted by Gasteiger charge is 2.38. The van der Waals surface area contributed by atoms with E-state index >= 15 is 0 Å². The predicted octanol–water partition coefficient (Wildman–Crippen LogP) is 3.83. The molecule has 7 heteroatoms. The summed E-state index contributed by atoms with van der Waals surface area (Å²) in [4.78, 5) is 32.3. The molecule has 4 rings (SSSR count). The summed E-state index contributed by atoms with van der Waals surface area (Å²) in [5.74, 6) is 0.149. The number of ether oxygens (including phenoxy) is 1. The molecule has 180 valence electrons. The van der Waals surface area contributed by atoms with Gasteiger partial charge in [0, 0.05) is 44.1 Å². The van der Waals surface area contributed by atoms with E-state index in [9.17, 15) is 9.59 Å². The Morgan fingerprint density at radius 2 is 1.50 bits per heavy atom. The first kappa shape index (κ1) is 23.8. The third kappa shape index (κ3) is 4.94.